The van der Waals surface area contributed by atoms with Crippen LogP contribution < -0.4 is 21.7 Å². The second-order valence-corrected chi connectivity index (χ2v) is 6.91. The van der Waals surface area contributed by atoms with Crippen LogP contribution in [0.3, 0.4) is 0 Å². The fraction of sp³-hybridized carbons (Fsp3) is 0.588. The molecule has 0 saturated heterocycles. The Balaban J connectivity index is 2.69. The van der Waals surface area contributed by atoms with Crippen LogP contribution in [0.15, 0.2) is 12.5 Å². The maximum atomic E-state index is 12.4. The van der Waals surface area contributed by atoms with Crippen molar-refractivity contribution in [3.05, 3.63) is 18.2 Å². The van der Waals surface area contributed by atoms with E-state index >= 15 is 0 Å². The fourth-order valence-corrected chi connectivity index (χ4v) is 2.43. The predicted molar refractivity (Wildman–Crippen MR) is 103 cm³/mol. The van der Waals surface area contributed by atoms with Gasteiger partial charge in [0.15, 0.2) is 6.04 Å². The molecule has 0 radical (unpaired) electrons. The summed E-state index contributed by atoms with van der Waals surface area (Å²) in [5, 5.41) is 35.0. The molecule has 0 aliphatic heterocycles. The molecule has 1 aromatic rings. The van der Waals surface area contributed by atoms with Gasteiger partial charge < -0.3 is 42.0 Å². The van der Waals surface area contributed by atoms with Crippen molar-refractivity contribution < 1.29 is 34.5 Å². The molecule has 0 spiro atoms. The van der Waals surface area contributed by atoms with Crippen LogP contribution >= 0.6 is 0 Å². The molecule has 0 aliphatic rings. The number of aromatic amines is 1. The summed E-state index contributed by atoms with van der Waals surface area (Å²) in [6.07, 6.45) is 0.306. The summed E-state index contributed by atoms with van der Waals surface area (Å²) in [4.78, 5) is 54.5. The molecule has 0 aromatic carbocycles. The lowest BCUT2D eigenvalue weighted by molar-refractivity contribution is -0.146. The molecular formula is C17H28N6O7. The number of aliphatic hydroxyl groups is 2. The number of carboxylic acids is 1. The van der Waals surface area contributed by atoms with Crippen LogP contribution in [0.1, 0.15) is 26.5 Å². The Morgan fingerprint density at radius 2 is 1.57 bits per heavy atom. The molecule has 13 heteroatoms. The number of aliphatic carboxylic acids is 1. The van der Waals surface area contributed by atoms with E-state index in [1.165, 1.54) is 33.3 Å². The highest BCUT2D eigenvalue weighted by Gasteiger charge is 2.33. The monoisotopic (exact) mass is 428 g/mol. The van der Waals surface area contributed by atoms with E-state index in [2.05, 4.69) is 20.6 Å². The van der Waals surface area contributed by atoms with E-state index in [0.717, 1.165) is 0 Å². The van der Waals surface area contributed by atoms with E-state index < -0.39 is 60.1 Å². The van der Waals surface area contributed by atoms with Crippen LogP contribution in [0.5, 0.6) is 0 Å². The number of aliphatic hydroxyl groups excluding tert-OH is 2. The van der Waals surface area contributed by atoms with Gasteiger partial charge in [-0.25, -0.2) is 9.78 Å². The number of nitrogens with two attached hydrogens (primary N) is 1. The summed E-state index contributed by atoms with van der Waals surface area (Å²) in [5.41, 5.74) is 6.42. The highest BCUT2D eigenvalue weighted by Crippen LogP contribution is 2.01. The van der Waals surface area contributed by atoms with Gasteiger partial charge in [0.05, 0.1) is 24.6 Å². The molecule has 13 nitrogen and oxygen atoms in total. The van der Waals surface area contributed by atoms with Crippen LogP contribution in [0.2, 0.25) is 0 Å². The predicted octanol–water partition coefficient (Wildman–Crippen LogP) is -3.40. The van der Waals surface area contributed by atoms with Crippen molar-refractivity contribution in [2.24, 2.45) is 5.73 Å². The van der Waals surface area contributed by atoms with E-state index in [1.807, 2.05) is 5.32 Å². The van der Waals surface area contributed by atoms with E-state index in [-0.39, 0.29) is 6.42 Å². The van der Waals surface area contributed by atoms with Crippen LogP contribution in [0.4, 0.5) is 0 Å². The molecule has 6 atom stereocenters. The first kappa shape index (κ1) is 25.0. The number of H-pyrrole nitrogens is 1. The number of carboxylic acid groups (broad SMARTS) is 1. The van der Waals surface area contributed by atoms with Crippen molar-refractivity contribution in [1.29, 1.82) is 0 Å². The summed E-state index contributed by atoms with van der Waals surface area (Å²) in [5.74, 6) is -3.92. The number of nitrogens with zero attached hydrogens (tertiary/aromatic N) is 1. The van der Waals surface area contributed by atoms with Crippen molar-refractivity contribution in [2.75, 3.05) is 0 Å². The van der Waals surface area contributed by atoms with Gasteiger partial charge in [-0.3, -0.25) is 14.4 Å². The lowest BCUT2D eigenvalue weighted by atomic mass is 10.1. The van der Waals surface area contributed by atoms with Gasteiger partial charge in [0.1, 0.15) is 12.1 Å². The Morgan fingerprint density at radius 1 is 1.00 bits per heavy atom. The van der Waals surface area contributed by atoms with Gasteiger partial charge in [0.2, 0.25) is 17.7 Å². The molecule has 1 aromatic heterocycles. The van der Waals surface area contributed by atoms with E-state index in [0.29, 0.717) is 5.69 Å². The van der Waals surface area contributed by atoms with E-state index in [4.69, 9.17) is 10.8 Å². The minimum atomic E-state index is -1.63. The molecule has 0 bridgehead atoms. The zero-order valence-corrected chi connectivity index (χ0v) is 16.8. The number of hydrogen-bond donors (Lipinski definition) is 8. The fourth-order valence-electron chi connectivity index (χ4n) is 2.43. The minimum absolute atomic E-state index is 0.162. The Bertz CT molecular complexity index is 737. The highest BCUT2D eigenvalue weighted by molar-refractivity contribution is 5.94. The first-order valence-corrected chi connectivity index (χ1v) is 9.16. The zero-order valence-electron chi connectivity index (χ0n) is 16.8. The van der Waals surface area contributed by atoms with Gasteiger partial charge in [0, 0.05) is 18.3 Å². The molecule has 0 aliphatic carbocycles. The summed E-state index contributed by atoms with van der Waals surface area (Å²) in [7, 11) is 0. The third kappa shape index (κ3) is 7.42. The number of carbonyl (C=O) groups excluding carboxylic acids is 3. The molecule has 1 rings (SSSR count). The second kappa shape index (κ2) is 11.2. The Kier molecular flexibility index (Phi) is 9.36. The van der Waals surface area contributed by atoms with Crippen molar-refractivity contribution in [3.63, 3.8) is 0 Å². The number of aromatic nitrogens is 2. The first-order chi connectivity index (χ1) is 13.9. The van der Waals surface area contributed by atoms with E-state index in [1.54, 1.807) is 0 Å². The zero-order chi connectivity index (χ0) is 23.0. The van der Waals surface area contributed by atoms with Gasteiger partial charge in [-0.05, 0) is 20.8 Å². The maximum absolute atomic E-state index is 12.4. The molecule has 9 N–H and O–H groups in total. The summed E-state index contributed by atoms with van der Waals surface area (Å²) < 4.78 is 0. The average molecular weight is 428 g/mol. The van der Waals surface area contributed by atoms with Crippen molar-refractivity contribution in [3.8, 4) is 0 Å². The number of nitrogens with one attached hydrogen (secondary N) is 4. The molecule has 0 fully saturated rings. The van der Waals surface area contributed by atoms with Gasteiger partial charge in [0.25, 0.3) is 0 Å². The van der Waals surface area contributed by atoms with Gasteiger partial charge in [-0.2, -0.15) is 0 Å². The second-order valence-electron chi connectivity index (χ2n) is 6.91. The maximum Gasteiger partial charge on any atom is 0.328 e. The lowest BCUT2D eigenvalue weighted by Gasteiger charge is -2.26. The number of hydrogen-bond acceptors (Lipinski definition) is 8. The third-order valence-corrected chi connectivity index (χ3v) is 4.19. The molecule has 0 saturated carbocycles. The number of amides is 3. The summed E-state index contributed by atoms with van der Waals surface area (Å²) in [6.45, 7) is 3.73. The van der Waals surface area contributed by atoms with Gasteiger partial charge in [-0.1, -0.05) is 0 Å². The molecular weight excluding hydrogens is 400 g/mol. The lowest BCUT2D eigenvalue weighted by Crippen LogP contribution is -2.60. The smallest absolute Gasteiger partial charge is 0.328 e. The summed E-state index contributed by atoms with van der Waals surface area (Å²) >= 11 is 0. The van der Waals surface area contributed by atoms with E-state index in [9.17, 15) is 29.4 Å². The minimum Gasteiger partial charge on any atom is -0.480 e. The number of rotatable bonds is 11. The highest BCUT2D eigenvalue weighted by atomic mass is 16.4. The molecule has 1 heterocycles. The SMILES string of the molecule is CC(NC(=O)C(N)Cc1cnc[nH]1)C(=O)NC(C(=O)NC(C(=O)O)C(C)O)C(C)O. The molecule has 6 unspecified atom stereocenters. The van der Waals surface area contributed by atoms with Crippen LogP contribution in [0, 0.1) is 0 Å². The summed E-state index contributed by atoms with van der Waals surface area (Å²) in [6, 6.07) is -5.21. The average Bonchev–Trinajstić information content (AvgIpc) is 3.15. The number of carbonyl (C=O) groups is 4. The third-order valence-electron chi connectivity index (χ3n) is 4.19. The van der Waals surface area contributed by atoms with Gasteiger partial charge in [-0.15, -0.1) is 0 Å². The topological polar surface area (TPSA) is 220 Å². The Labute approximate surface area is 172 Å². The number of imidazole rings is 1. The Morgan fingerprint density at radius 3 is 2.03 bits per heavy atom. The van der Waals surface area contributed by atoms with Crippen LogP contribution in [-0.2, 0) is 25.6 Å². The van der Waals surface area contributed by atoms with Crippen LogP contribution in [0.25, 0.3) is 0 Å². The van der Waals surface area contributed by atoms with Crippen molar-refractivity contribution in [2.45, 2.75) is 63.6 Å². The van der Waals surface area contributed by atoms with Gasteiger partial charge >= 0.3 is 5.97 Å². The van der Waals surface area contributed by atoms with Crippen molar-refractivity contribution in [1.82, 2.24) is 25.9 Å². The first-order valence-electron chi connectivity index (χ1n) is 9.16. The standard InChI is InChI=1S/C17H28N6O7/c1-7(21-15(27)11(18)4-10-5-19-6-20-10)14(26)22-12(8(2)24)16(28)23-13(9(3)25)17(29)30/h5-9,11-13,24-25H,4,18H2,1-3H3,(H,19,20)(H,21,27)(H,22,26)(H,23,28)(H,29,30). The largest absolute Gasteiger partial charge is 0.480 e. The molecule has 3 amide bonds. The van der Waals surface area contributed by atoms with Crippen LogP contribution in [-0.4, -0.2) is 85.4 Å². The molecule has 30 heavy (non-hydrogen) atoms. The Hall–Kier alpha value is -3.03. The quantitative estimate of drug-likeness (QED) is 0.176. The van der Waals surface area contributed by atoms with Crippen molar-refractivity contribution >= 4 is 23.7 Å². The normalized spacial score (nSPS) is 17.0. The molecule has 168 valence electrons.